The van der Waals surface area contributed by atoms with Gasteiger partial charge in [0.1, 0.15) is 11.9 Å². The predicted octanol–water partition coefficient (Wildman–Crippen LogP) is 2.89. The number of nitrogens with zero attached hydrogens (tertiary/aromatic N) is 4. The Balaban J connectivity index is 1.34. The molecule has 2 aliphatic heterocycles. The van der Waals surface area contributed by atoms with Gasteiger partial charge >= 0.3 is 0 Å². The quantitative estimate of drug-likeness (QED) is 0.707. The Morgan fingerprint density at radius 1 is 1.28 bits per heavy atom. The minimum Gasteiger partial charge on any atom is -0.507 e. The molecule has 4 heterocycles. The SMILES string of the molecule is C[C@@]12CC[C@@H](CN1)[C@H](Oc1ccc(-c3ccc(-n4ccnc4)cc3O)nn1)[C@@H]2F. The Morgan fingerprint density at radius 3 is 2.83 bits per heavy atom. The van der Waals surface area contributed by atoms with E-state index in [1.165, 1.54) is 0 Å². The number of nitrogens with one attached hydrogen (secondary N) is 1. The molecule has 7 nitrogen and oxygen atoms in total. The highest BCUT2D eigenvalue weighted by molar-refractivity contribution is 5.68. The molecular formula is C21H22FN5O2. The molecule has 3 aliphatic rings. The van der Waals surface area contributed by atoms with Gasteiger partial charge in [-0.05, 0) is 38.0 Å². The molecule has 1 aromatic carbocycles. The van der Waals surface area contributed by atoms with Gasteiger partial charge < -0.3 is 19.7 Å². The lowest BCUT2D eigenvalue weighted by Crippen LogP contribution is -2.68. The topological polar surface area (TPSA) is 85.1 Å². The van der Waals surface area contributed by atoms with E-state index in [2.05, 4.69) is 20.5 Å². The molecule has 1 saturated carbocycles. The van der Waals surface area contributed by atoms with Crippen LogP contribution in [-0.2, 0) is 0 Å². The zero-order valence-electron chi connectivity index (χ0n) is 16.0. The van der Waals surface area contributed by atoms with E-state index in [1.54, 1.807) is 47.6 Å². The van der Waals surface area contributed by atoms with E-state index in [9.17, 15) is 9.50 Å². The number of rotatable bonds is 4. The zero-order chi connectivity index (χ0) is 20.0. The summed E-state index contributed by atoms with van der Waals surface area (Å²) in [4.78, 5) is 4.00. The Kier molecular flexibility index (Phi) is 4.24. The van der Waals surface area contributed by atoms with E-state index < -0.39 is 17.8 Å². The number of fused-ring (bicyclic) bond motifs is 3. The monoisotopic (exact) mass is 395 g/mol. The highest BCUT2D eigenvalue weighted by Crippen LogP contribution is 2.40. The van der Waals surface area contributed by atoms with Crippen LogP contribution in [0.3, 0.4) is 0 Å². The molecule has 2 bridgehead atoms. The minimum absolute atomic E-state index is 0.0894. The van der Waals surface area contributed by atoms with Gasteiger partial charge in [0.2, 0.25) is 5.88 Å². The molecule has 6 rings (SSSR count). The summed E-state index contributed by atoms with van der Waals surface area (Å²) in [6.45, 7) is 2.67. The average Bonchev–Trinajstić information content (AvgIpc) is 3.27. The zero-order valence-corrected chi connectivity index (χ0v) is 16.0. The van der Waals surface area contributed by atoms with Gasteiger partial charge in [-0.2, -0.15) is 0 Å². The highest BCUT2D eigenvalue weighted by Gasteiger charge is 2.52. The molecular weight excluding hydrogens is 373 g/mol. The third-order valence-corrected chi connectivity index (χ3v) is 6.12. The Bertz CT molecular complexity index is 1000. The van der Waals surface area contributed by atoms with Crippen molar-refractivity contribution in [1.82, 2.24) is 25.1 Å². The van der Waals surface area contributed by atoms with Crippen LogP contribution in [0.1, 0.15) is 19.8 Å². The maximum absolute atomic E-state index is 14.9. The molecule has 150 valence electrons. The maximum atomic E-state index is 14.9. The predicted molar refractivity (Wildman–Crippen MR) is 105 cm³/mol. The second kappa shape index (κ2) is 6.81. The van der Waals surface area contributed by atoms with Crippen molar-refractivity contribution in [2.45, 2.75) is 37.6 Å². The summed E-state index contributed by atoms with van der Waals surface area (Å²) in [6.07, 6.45) is 5.29. The van der Waals surface area contributed by atoms with Crippen LogP contribution in [0.4, 0.5) is 4.39 Å². The number of imidazole rings is 1. The summed E-state index contributed by atoms with van der Waals surface area (Å²) in [5.41, 5.74) is 1.34. The first-order chi connectivity index (χ1) is 14.0. The van der Waals surface area contributed by atoms with Crippen LogP contribution >= 0.6 is 0 Å². The molecule has 0 radical (unpaired) electrons. The second-order valence-corrected chi connectivity index (χ2v) is 8.01. The number of aromatic nitrogens is 4. The van der Waals surface area contributed by atoms with Crippen molar-refractivity contribution in [3.63, 3.8) is 0 Å². The third kappa shape index (κ3) is 3.13. The lowest BCUT2D eigenvalue weighted by Gasteiger charge is -2.51. The van der Waals surface area contributed by atoms with Crippen LogP contribution in [-0.4, -0.2) is 49.2 Å². The summed E-state index contributed by atoms with van der Waals surface area (Å²) in [6, 6.07) is 8.69. The maximum Gasteiger partial charge on any atom is 0.233 e. The molecule has 0 unspecified atom stereocenters. The van der Waals surface area contributed by atoms with Crippen molar-refractivity contribution in [2.24, 2.45) is 5.92 Å². The molecule has 0 spiro atoms. The first-order valence-electron chi connectivity index (χ1n) is 9.75. The van der Waals surface area contributed by atoms with Crippen LogP contribution in [0.2, 0.25) is 0 Å². The molecule has 0 amide bonds. The fraction of sp³-hybridized carbons (Fsp3) is 0.381. The van der Waals surface area contributed by atoms with Crippen LogP contribution < -0.4 is 10.1 Å². The van der Waals surface area contributed by atoms with E-state index in [1.807, 2.05) is 13.0 Å². The first-order valence-corrected chi connectivity index (χ1v) is 9.75. The molecule has 2 N–H and O–H groups in total. The molecule has 3 aromatic rings. The van der Waals surface area contributed by atoms with E-state index in [-0.39, 0.29) is 11.7 Å². The number of alkyl halides is 1. The van der Waals surface area contributed by atoms with Gasteiger partial charge in [-0.1, -0.05) is 0 Å². The van der Waals surface area contributed by atoms with Crippen molar-refractivity contribution in [2.75, 3.05) is 6.54 Å². The van der Waals surface area contributed by atoms with E-state index in [0.717, 1.165) is 25.1 Å². The number of aromatic hydroxyl groups is 1. The van der Waals surface area contributed by atoms with E-state index >= 15 is 0 Å². The van der Waals surface area contributed by atoms with Crippen molar-refractivity contribution >= 4 is 0 Å². The normalized spacial score (nSPS) is 28.4. The summed E-state index contributed by atoms with van der Waals surface area (Å²) >= 11 is 0. The van der Waals surface area contributed by atoms with Crippen molar-refractivity contribution < 1.29 is 14.2 Å². The average molecular weight is 395 g/mol. The second-order valence-electron chi connectivity index (χ2n) is 8.01. The largest absolute Gasteiger partial charge is 0.507 e. The van der Waals surface area contributed by atoms with Gasteiger partial charge in [0.05, 0.1) is 23.2 Å². The number of hydrogen-bond donors (Lipinski definition) is 2. The fourth-order valence-corrected chi connectivity index (χ4v) is 4.29. The smallest absolute Gasteiger partial charge is 0.233 e. The molecule has 3 fully saturated rings. The van der Waals surface area contributed by atoms with Gasteiger partial charge in [-0.15, -0.1) is 10.2 Å². The van der Waals surface area contributed by atoms with E-state index in [0.29, 0.717) is 17.1 Å². The van der Waals surface area contributed by atoms with Gasteiger partial charge in [0, 0.05) is 42.6 Å². The number of ether oxygens (including phenoxy) is 1. The van der Waals surface area contributed by atoms with Crippen LogP contribution in [0.25, 0.3) is 16.9 Å². The minimum atomic E-state index is -1.09. The van der Waals surface area contributed by atoms with Crippen LogP contribution in [0.5, 0.6) is 11.6 Å². The molecule has 1 aliphatic carbocycles. The molecule has 8 heteroatoms. The molecule has 4 atom stereocenters. The summed E-state index contributed by atoms with van der Waals surface area (Å²) in [7, 11) is 0. The number of benzene rings is 1. The summed E-state index contributed by atoms with van der Waals surface area (Å²) in [5.74, 6) is 0.520. The lowest BCUT2D eigenvalue weighted by molar-refractivity contribution is -0.0729. The Hall–Kier alpha value is -3.00. The highest BCUT2D eigenvalue weighted by atomic mass is 19.1. The summed E-state index contributed by atoms with van der Waals surface area (Å²) in [5, 5.41) is 22.0. The van der Waals surface area contributed by atoms with Crippen molar-refractivity contribution in [3.05, 3.63) is 49.1 Å². The molecule has 2 saturated heterocycles. The first kappa shape index (κ1) is 18.1. The Labute approximate surface area is 167 Å². The standard InChI is InChI=1S/C21H22FN5O2/c1-21-7-6-13(11-24-21)19(20(21)22)29-18-5-4-16(25-26-18)15-3-2-14(10-17(15)28)27-9-8-23-12-27/h2-5,8-10,12-13,19-20,24,28H,6-7,11H2,1H3/t13-,19-,20-,21-/m0/s1. The van der Waals surface area contributed by atoms with Crippen molar-refractivity contribution in [1.29, 1.82) is 0 Å². The van der Waals surface area contributed by atoms with E-state index in [4.69, 9.17) is 4.74 Å². The summed E-state index contributed by atoms with van der Waals surface area (Å²) < 4.78 is 22.6. The number of piperidine rings is 2. The fourth-order valence-electron chi connectivity index (χ4n) is 4.29. The number of phenolic OH excluding ortho intramolecular Hbond substituents is 1. The van der Waals surface area contributed by atoms with Gasteiger partial charge in [-0.25, -0.2) is 9.37 Å². The van der Waals surface area contributed by atoms with Gasteiger partial charge in [-0.3, -0.25) is 0 Å². The molecule has 2 aromatic heterocycles. The van der Waals surface area contributed by atoms with Crippen LogP contribution in [0, 0.1) is 5.92 Å². The Morgan fingerprint density at radius 2 is 2.17 bits per heavy atom. The number of phenols is 1. The van der Waals surface area contributed by atoms with Gasteiger partial charge in [0.25, 0.3) is 0 Å². The number of halogens is 1. The number of hydrogen-bond acceptors (Lipinski definition) is 6. The molecule has 29 heavy (non-hydrogen) atoms. The van der Waals surface area contributed by atoms with Crippen molar-refractivity contribution in [3.8, 4) is 28.6 Å². The van der Waals surface area contributed by atoms with Crippen LogP contribution in [0.15, 0.2) is 49.1 Å². The van der Waals surface area contributed by atoms with Gasteiger partial charge in [0.15, 0.2) is 6.17 Å². The third-order valence-electron chi connectivity index (χ3n) is 6.12. The lowest BCUT2D eigenvalue weighted by atomic mass is 9.70.